The molecule has 25 heavy (non-hydrogen) atoms. The highest BCUT2D eigenvalue weighted by atomic mass is 35.5. The van der Waals surface area contributed by atoms with Crippen LogP contribution in [0.1, 0.15) is 21.6 Å². The molecule has 1 amide bonds. The van der Waals surface area contributed by atoms with Crippen LogP contribution in [0.15, 0.2) is 55.1 Å². The molecule has 0 aliphatic heterocycles. The summed E-state index contributed by atoms with van der Waals surface area (Å²) in [5.74, 6) is 0.234. The first kappa shape index (κ1) is 16.9. The molecular weight excluding hydrogens is 338 g/mol. The van der Waals surface area contributed by atoms with E-state index in [0.29, 0.717) is 17.4 Å². The predicted octanol–water partition coefficient (Wildman–Crippen LogP) is 3.51. The number of anilines is 2. The van der Waals surface area contributed by atoms with E-state index >= 15 is 0 Å². The number of rotatable bonds is 5. The number of aromatic nitrogens is 3. The Kier molecular flexibility index (Phi) is 5.20. The van der Waals surface area contributed by atoms with E-state index in [-0.39, 0.29) is 11.6 Å². The fraction of sp³-hybridized carbons (Fsp3) is 0.111. The Morgan fingerprint density at radius 2 is 2.08 bits per heavy atom. The Bertz CT molecular complexity index is 886. The summed E-state index contributed by atoms with van der Waals surface area (Å²) in [7, 11) is 0. The van der Waals surface area contributed by atoms with Crippen LogP contribution in [0.3, 0.4) is 0 Å². The summed E-state index contributed by atoms with van der Waals surface area (Å²) in [5.41, 5.74) is 2.97. The van der Waals surface area contributed by atoms with Gasteiger partial charge in [0.1, 0.15) is 17.8 Å². The first-order valence-electron chi connectivity index (χ1n) is 7.64. The summed E-state index contributed by atoms with van der Waals surface area (Å²) < 4.78 is 0. The van der Waals surface area contributed by atoms with E-state index < -0.39 is 0 Å². The number of nitrogens with zero attached hydrogens (tertiary/aromatic N) is 3. The average molecular weight is 354 g/mol. The minimum Gasteiger partial charge on any atom is -0.347 e. The molecule has 126 valence electrons. The van der Waals surface area contributed by atoms with Gasteiger partial charge in [-0.05, 0) is 36.2 Å². The molecule has 1 aromatic carbocycles. The highest BCUT2D eigenvalue weighted by Gasteiger charge is 2.09. The van der Waals surface area contributed by atoms with Crippen LogP contribution in [0.5, 0.6) is 0 Å². The third kappa shape index (κ3) is 4.51. The standard InChI is InChI=1S/C18H16ClN5O/c1-12-4-5-14(7-15(12)19)24-17-8-16(22-11-23-17)18(25)21-10-13-3-2-6-20-9-13/h2-9,11H,10H2,1H3,(H,21,25)(H,22,23,24). The van der Waals surface area contributed by atoms with Gasteiger partial charge in [0.25, 0.3) is 5.91 Å². The van der Waals surface area contributed by atoms with Gasteiger partial charge < -0.3 is 10.6 Å². The number of hydrogen-bond acceptors (Lipinski definition) is 5. The topological polar surface area (TPSA) is 79.8 Å². The van der Waals surface area contributed by atoms with Crippen molar-refractivity contribution in [2.75, 3.05) is 5.32 Å². The van der Waals surface area contributed by atoms with E-state index in [2.05, 4.69) is 25.6 Å². The Hall–Kier alpha value is -2.99. The molecule has 0 radical (unpaired) electrons. The van der Waals surface area contributed by atoms with Crippen molar-refractivity contribution in [3.8, 4) is 0 Å². The molecule has 0 aliphatic rings. The normalized spacial score (nSPS) is 10.3. The van der Waals surface area contributed by atoms with Crippen molar-refractivity contribution in [1.82, 2.24) is 20.3 Å². The van der Waals surface area contributed by atoms with Crippen LogP contribution in [0, 0.1) is 6.92 Å². The van der Waals surface area contributed by atoms with Gasteiger partial charge >= 0.3 is 0 Å². The molecule has 0 spiro atoms. The summed E-state index contributed by atoms with van der Waals surface area (Å²) in [6.07, 6.45) is 4.73. The number of benzene rings is 1. The molecule has 0 saturated carbocycles. The van der Waals surface area contributed by atoms with Crippen molar-refractivity contribution in [3.05, 3.63) is 77.0 Å². The number of nitrogens with one attached hydrogen (secondary N) is 2. The molecule has 3 aromatic rings. The van der Waals surface area contributed by atoms with Crippen LogP contribution >= 0.6 is 11.6 Å². The molecule has 2 N–H and O–H groups in total. The highest BCUT2D eigenvalue weighted by Crippen LogP contribution is 2.22. The smallest absolute Gasteiger partial charge is 0.270 e. The zero-order valence-corrected chi connectivity index (χ0v) is 14.3. The molecule has 2 aromatic heterocycles. The fourth-order valence-corrected chi connectivity index (χ4v) is 2.32. The Balaban J connectivity index is 1.68. The third-order valence-electron chi connectivity index (χ3n) is 3.52. The lowest BCUT2D eigenvalue weighted by Crippen LogP contribution is -2.24. The maximum atomic E-state index is 12.3. The molecule has 0 atom stereocenters. The van der Waals surface area contributed by atoms with Crippen LogP contribution in [0.25, 0.3) is 0 Å². The third-order valence-corrected chi connectivity index (χ3v) is 3.93. The van der Waals surface area contributed by atoms with Gasteiger partial charge in [0, 0.05) is 35.7 Å². The number of carbonyl (C=O) groups is 1. The lowest BCUT2D eigenvalue weighted by Gasteiger charge is -2.09. The Morgan fingerprint density at radius 1 is 1.20 bits per heavy atom. The number of hydrogen-bond donors (Lipinski definition) is 2. The van der Waals surface area contributed by atoms with Gasteiger partial charge in [0.2, 0.25) is 0 Å². The van der Waals surface area contributed by atoms with E-state index in [1.165, 1.54) is 6.33 Å². The van der Waals surface area contributed by atoms with Crippen LogP contribution in [0.2, 0.25) is 5.02 Å². The number of carbonyl (C=O) groups excluding carboxylic acids is 1. The maximum absolute atomic E-state index is 12.3. The summed E-state index contributed by atoms with van der Waals surface area (Å²) in [6, 6.07) is 10.9. The largest absolute Gasteiger partial charge is 0.347 e. The number of halogens is 1. The molecule has 2 heterocycles. The molecule has 6 nitrogen and oxygen atoms in total. The number of pyridine rings is 1. The minimum absolute atomic E-state index is 0.277. The SMILES string of the molecule is Cc1ccc(Nc2cc(C(=O)NCc3cccnc3)ncn2)cc1Cl. The second-order valence-corrected chi connectivity index (χ2v) is 5.83. The van der Waals surface area contributed by atoms with Gasteiger partial charge in [-0.1, -0.05) is 23.7 Å². The summed E-state index contributed by atoms with van der Waals surface area (Å²) in [5, 5.41) is 6.58. The van der Waals surface area contributed by atoms with Crippen molar-refractivity contribution < 1.29 is 4.79 Å². The van der Waals surface area contributed by atoms with Crippen molar-refractivity contribution in [2.24, 2.45) is 0 Å². The van der Waals surface area contributed by atoms with Gasteiger partial charge in [0.05, 0.1) is 0 Å². The van der Waals surface area contributed by atoms with Gasteiger partial charge in [-0.25, -0.2) is 9.97 Å². The highest BCUT2D eigenvalue weighted by molar-refractivity contribution is 6.31. The van der Waals surface area contributed by atoms with E-state index in [1.54, 1.807) is 24.5 Å². The fourth-order valence-electron chi connectivity index (χ4n) is 2.14. The molecule has 0 saturated heterocycles. The van der Waals surface area contributed by atoms with Crippen LogP contribution < -0.4 is 10.6 Å². The molecule has 0 fully saturated rings. The predicted molar refractivity (Wildman–Crippen MR) is 96.9 cm³/mol. The van der Waals surface area contributed by atoms with E-state index in [0.717, 1.165) is 16.8 Å². The van der Waals surface area contributed by atoms with Crippen molar-refractivity contribution in [2.45, 2.75) is 13.5 Å². The second-order valence-electron chi connectivity index (χ2n) is 5.42. The van der Waals surface area contributed by atoms with E-state index in [4.69, 9.17) is 11.6 Å². The van der Waals surface area contributed by atoms with Gasteiger partial charge in [-0.15, -0.1) is 0 Å². The van der Waals surface area contributed by atoms with E-state index in [9.17, 15) is 4.79 Å². The quantitative estimate of drug-likeness (QED) is 0.733. The molecule has 0 aliphatic carbocycles. The van der Waals surface area contributed by atoms with Gasteiger partial charge in [-0.3, -0.25) is 9.78 Å². The van der Waals surface area contributed by atoms with Crippen LogP contribution in [0.4, 0.5) is 11.5 Å². The molecule has 0 bridgehead atoms. The lowest BCUT2D eigenvalue weighted by atomic mass is 10.2. The summed E-state index contributed by atoms with van der Waals surface area (Å²) >= 11 is 6.12. The Morgan fingerprint density at radius 3 is 2.84 bits per heavy atom. The van der Waals surface area contributed by atoms with Gasteiger partial charge in [0.15, 0.2) is 0 Å². The molecule has 0 unspecified atom stereocenters. The second kappa shape index (κ2) is 7.72. The number of amides is 1. The van der Waals surface area contributed by atoms with Crippen molar-refractivity contribution in [3.63, 3.8) is 0 Å². The molecular formula is C18H16ClN5O. The summed E-state index contributed by atoms with van der Waals surface area (Å²) in [4.78, 5) is 24.4. The monoisotopic (exact) mass is 353 g/mol. The molecule has 3 rings (SSSR count). The van der Waals surface area contributed by atoms with E-state index in [1.807, 2.05) is 31.2 Å². The van der Waals surface area contributed by atoms with Crippen LogP contribution in [-0.2, 0) is 6.54 Å². The average Bonchev–Trinajstić information content (AvgIpc) is 2.64. The zero-order valence-electron chi connectivity index (χ0n) is 13.5. The maximum Gasteiger partial charge on any atom is 0.270 e. The first-order valence-corrected chi connectivity index (χ1v) is 8.02. The van der Waals surface area contributed by atoms with Gasteiger partial charge in [-0.2, -0.15) is 0 Å². The summed E-state index contributed by atoms with van der Waals surface area (Å²) in [6.45, 7) is 2.31. The van der Waals surface area contributed by atoms with Crippen molar-refractivity contribution >= 4 is 29.0 Å². The van der Waals surface area contributed by atoms with Crippen molar-refractivity contribution in [1.29, 1.82) is 0 Å². The zero-order chi connectivity index (χ0) is 17.6. The number of aryl methyl sites for hydroxylation is 1. The molecule has 7 heteroatoms. The first-order chi connectivity index (χ1) is 12.1. The Labute approximate surface area is 150 Å². The minimum atomic E-state index is -0.281. The van der Waals surface area contributed by atoms with Crippen LogP contribution in [-0.4, -0.2) is 20.9 Å². The lowest BCUT2D eigenvalue weighted by molar-refractivity contribution is 0.0946.